The lowest BCUT2D eigenvalue weighted by atomic mass is 10.1. The van der Waals surface area contributed by atoms with Crippen LogP contribution < -0.4 is 11.1 Å². The molecule has 1 fully saturated rings. The van der Waals surface area contributed by atoms with Crippen LogP contribution in [0.2, 0.25) is 0 Å². The molecule has 2 rings (SSSR count). The van der Waals surface area contributed by atoms with Crippen LogP contribution in [0.15, 0.2) is 29.3 Å². The number of hydrogen-bond donors (Lipinski definition) is 2. The van der Waals surface area contributed by atoms with Gasteiger partial charge in [-0.25, -0.2) is 4.99 Å². The van der Waals surface area contributed by atoms with Crippen LogP contribution in [0, 0.1) is 0 Å². The van der Waals surface area contributed by atoms with E-state index in [2.05, 4.69) is 51.3 Å². The van der Waals surface area contributed by atoms with Gasteiger partial charge >= 0.3 is 0 Å². The topological polar surface area (TPSA) is 66.1 Å². The highest BCUT2D eigenvalue weighted by Gasteiger charge is 2.15. The highest BCUT2D eigenvalue weighted by molar-refractivity contribution is 5.77. The number of benzene rings is 1. The first-order valence-electron chi connectivity index (χ1n) is 9.85. The second kappa shape index (κ2) is 11.9. The molecule has 146 valence electrons. The number of nitrogens with zero attached hydrogens (tertiary/aromatic N) is 3. The predicted molar refractivity (Wildman–Crippen MR) is 108 cm³/mol. The Kier molecular flexibility index (Phi) is 9.45. The van der Waals surface area contributed by atoms with E-state index in [0.717, 1.165) is 52.4 Å². The second-order valence-electron chi connectivity index (χ2n) is 6.71. The van der Waals surface area contributed by atoms with Crippen LogP contribution in [-0.4, -0.2) is 68.2 Å². The van der Waals surface area contributed by atoms with Crippen LogP contribution in [0.3, 0.4) is 0 Å². The van der Waals surface area contributed by atoms with Gasteiger partial charge < -0.3 is 20.7 Å². The van der Waals surface area contributed by atoms with Crippen LogP contribution in [0.4, 0.5) is 0 Å². The van der Waals surface area contributed by atoms with E-state index < -0.39 is 0 Å². The van der Waals surface area contributed by atoms with Crippen LogP contribution in [0.25, 0.3) is 0 Å². The molecule has 0 aliphatic carbocycles. The Balaban J connectivity index is 1.69. The summed E-state index contributed by atoms with van der Waals surface area (Å²) >= 11 is 0. The fraction of sp³-hybridized carbons (Fsp3) is 0.650. The Morgan fingerprint density at radius 3 is 2.38 bits per heavy atom. The van der Waals surface area contributed by atoms with Gasteiger partial charge in [-0.15, -0.1) is 0 Å². The van der Waals surface area contributed by atoms with Crippen molar-refractivity contribution in [2.45, 2.75) is 33.4 Å². The molecule has 0 unspecified atom stereocenters. The van der Waals surface area contributed by atoms with E-state index in [9.17, 15) is 0 Å². The molecule has 0 amide bonds. The summed E-state index contributed by atoms with van der Waals surface area (Å²) in [6, 6.07) is 8.73. The molecule has 0 saturated carbocycles. The van der Waals surface area contributed by atoms with Gasteiger partial charge in [-0.05, 0) is 31.0 Å². The van der Waals surface area contributed by atoms with Gasteiger partial charge in [-0.3, -0.25) is 4.90 Å². The third-order valence-electron chi connectivity index (χ3n) is 4.75. The van der Waals surface area contributed by atoms with Crippen molar-refractivity contribution in [1.82, 2.24) is 15.1 Å². The average molecular weight is 362 g/mol. The van der Waals surface area contributed by atoms with Crippen molar-refractivity contribution in [2.24, 2.45) is 10.7 Å². The fourth-order valence-corrected chi connectivity index (χ4v) is 3.04. The Hall–Kier alpha value is -1.63. The van der Waals surface area contributed by atoms with Crippen LogP contribution in [0.5, 0.6) is 0 Å². The Bertz CT molecular complexity index is 524. The maximum atomic E-state index is 5.90. The highest BCUT2D eigenvalue weighted by Crippen LogP contribution is 2.10. The monoisotopic (exact) mass is 361 g/mol. The minimum absolute atomic E-state index is 0.499. The lowest BCUT2D eigenvalue weighted by molar-refractivity contribution is 0.132. The van der Waals surface area contributed by atoms with Gasteiger partial charge in [0.2, 0.25) is 0 Å². The normalized spacial score (nSPS) is 16.8. The number of rotatable bonds is 10. The Morgan fingerprint density at radius 2 is 1.73 bits per heavy atom. The Morgan fingerprint density at radius 1 is 1.08 bits per heavy atom. The zero-order chi connectivity index (χ0) is 18.6. The van der Waals surface area contributed by atoms with E-state index in [1.807, 2.05) is 6.92 Å². The third-order valence-corrected chi connectivity index (χ3v) is 4.75. The van der Waals surface area contributed by atoms with Gasteiger partial charge in [0.1, 0.15) is 0 Å². The first-order chi connectivity index (χ1) is 12.7. The van der Waals surface area contributed by atoms with Crippen molar-refractivity contribution < 1.29 is 4.74 Å². The van der Waals surface area contributed by atoms with Crippen LogP contribution in [-0.2, 0) is 17.8 Å². The molecule has 3 N–H and O–H groups in total. The summed E-state index contributed by atoms with van der Waals surface area (Å²) in [7, 11) is 0. The first kappa shape index (κ1) is 20.7. The van der Waals surface area contributed by atoms with E-state index in [0.29, 0.717) is 12.5 Å². The van der Waals surface area contributed by atoms with Gasteiger partial charge in [0.25, 0.3) is 0 Å². The van der Waals surface area contributed by atoms with Crippen molar-refractivity contribution >= 4 is 5.96 Å². The standard InChI is InChI=1S/C20H35N5O/c1-3-24-11-13-25(14-12-24)17-19-8-6-18(7-9-19)16-23-20(21)22-10-5-15-26-4-2/h6-9H,3-5,10-17H2,1-2H3,(H3,21,22,23). The lowest BCUT2D eigenvalue weighted by Crippen LogP contribution is -2.45. The maximum Gasteiger partial charge on any atom is 0.188 e. The number of guanidine groups is 1. The zero-order valence-electron chi connectivity index (χ0n) is 16.4. The number of ether oxygens (including phenoxy) is 1. The van der Waals surface area contributed by atoms with Gasteiger partial charge in [0.05, 0.1) is 6.54 Å². The summed E-state index contributed by atoms with van der Waals surface area (Å²) in [5.74, 6) is 0.499. The molecular formula is C20H35N5O. The molecular weight excluding hydrogens is 326 g/mol. The maximum absolute atomic E-state index is 5.90. The van der Waals surface area contributed by atoms with E-state index in [1.165, 1.54) is 24.2 Å². The van der Waals surface area contributed by atoms with Gasteiger partial charge in [0.15, 0.2) is 5.96 Å². The molecule has 0 radical (unpaired) electrons. The van der Waals surface area contributed by atoms with E-state index in [-0.39, 0.29) is 0 Å². The number of piperazine rings is 1. The van der Waals surface area contributed by atoms with Gasteiger partial charge in [0, 0.05) is 52.5 Å². The minimum atomic E-state index is 0.499. The number of nitrogens with two attached hydrogens (primary N) is 1. The molecule has 0 spiro atoms. The smallest absolute Gasteiger partial charge is 0.188 e. The SMILES string of the molecule is CCOCCCNC(N)=NCc1ccc(CN2CCN(CC)CC2)cc1. The van der Waals surface area contributed by atoms with Gasteiger partial charge in [-0.2, -0.15) is 0 Å². The molecule has 1 aliphatic rings. The lowest BCUT2D eigenvalue weighted by Gasteiger charge is -2.34. The summed E-state index contributed by atoms with van der Waals surface area (Å²) < 4.78 is 5.29. The molecule has 1 heterocycles. The summed E-state index contributed by atoms with van der Waals surface area (Å²) in [6.45, 7) is 14.0. The minimum Gasteiger partial charge on any atom is -0.382 e. The number of likely N-dealkylation sites (N-methyl/N-ethyl adjacent to an activating group) is 1. The van der Waals surface area contributed by atoms with Gasteiger partial charge in [-0.1, -0.05) is 31.2 Å². The third kappa shape index (κ3) is 7.72. The molecule has 0 atom stereocenters. The van der Waals surface area contributed by atoms with Crippen LogP contribution >= 0.6 is 0 Å². The molecule has 1 aromatic rings. The molecule has 0 aromatic heterocycles. The first-order valence-corrected chi connectivity index (χ1v) is 9.85. The van der Waals surface area contributed by atoms with Crippen molar-refractivity contribution in [2.75, 3.05) is 52.5 Å². The highest BCUT2D eigenvalue weighted by atomic mass is 16.5. The largest absolute Gasteiger partial charge is 0.382 e. The van der Waals surface area contributed by atoms with Crippen molar-refractivity contribution in [3.05, 3.63) is 35.4 Å². The van der Waals surface area contributed by atoms with Crippen molar-refractivity contribution in [3.63, 3.8) is 0 Å². The number of aliphatic imine (C=N–C) groups is 1. The zero-order valence-corrected chi connectivity index (χ0v) is 16.4. The summed E-state index contributed by atoms with van der Waals surface area (Å²) in [4.78, 5) is 9.44. The second-order valence-corrected chi connectivity index (χ2v) is 6.71. The summed E-state index contributed by atoms with van der Waals surface area (Å²) in [5.41, 5.74) is 8.45. The van der Waals surface area contributed by atoms with Crippen molar-refractivity contribution in [1.29, 1.82) is 0 Å². The molecule has 1 aromatic carbocycles. The number of hydrogen-bond acceptors (Lipinski definition) is 4. The van der Waals surface area contributed by atoms with E-state index in [4.69, 9.17) is 10.5 Å². The molecule has 1 aliphatic heterocycles. The average Bonchev–Trinajstić information content (AvgIpc) is 2.68. The number of nitrogens with one attached hydrogen (secondary N) is 1. The summed E-state index contributed by atoms with van der Waals surface area (Å²) in [6.07, 6.45) is 0.936. The predicted octanol–water partition coefficient (Wildman–Crippen LogP) is 1.66. The quantitative estimate of drug-likeness (QED) is 0.377. The van der Waals surface area contributed by atoms with E-state index >= 15 is 0 Å². The molecule has 6 nitrogen and oxygen atoms in total. The molecule has 26 heavy (non-hydrogen) atoms. The fourth-order valence-electron chi connectivity index (χ4n) is 3.04. The molecule has 1 saturated heterocycles. The van der Waals surface area contributed by atoms with Crippen LogP contribution in [0.1, 0.15) is 31.4 Å². The molecule has 6 heteroatoms. The Labute approximate surface area is 158 Å². The van der Waals surface area contributed by atoms with E-state index in [1.54, 1.807) is 0 Å². The molecule has 0 bridgehead atoms. The van der Waals surface area contributed by atoms with Crippen molar-refractivity contribution in [3.8, 4) is 0 Å². The summed E-state index contributed by atoms with van der Waals surface area (Å²) in [5, 5.41) is 3.12.